The Morgan fingerprint density at radius 3 is 2.65 bits per heavy atom. The fraction of sp³-hybridized carbons (Fsp3) is 0.765. The average Bonchev–Trinajstić information content (AvgIpc) is 3.35. The third kappa shape index (κ3) is 3.15. The first-order chi connectivity index (χ1) is 11.3. The second kappa shape index (κ2) is 6.61. The highest BCUT2D eigenvalue weighted by Gasteiger charge is 2.32. The molecule has 1 unspecified atom stereocenters. The molecule has 1 aliphatic carbocycles. The molecule has 4 rings (SSSR count). The van der Waals surface area contributed by atoms with Crippen molar-refractivity contribution in [3.63, 3.8) is 0 Å². The van der Waals surface area contributed by atoms with Crippen LogP contribution in [0.2, 0.25) is 0 Å². The molecule has 3 heterocycles. The number of hydrogen-bond acceptors (Lipinski definition) is 4. The second-order valence-corrected chi connectivity index (χ2v) is 7.10. The summed E-state index contributed by atoms with van der Waals surface area (Å²) >= 11 is 0. The van der Waals surface area contributed by atoms with Gasteiger partial charge in [0.05, 0.1) is 6.04 Å². The Labute approximate surface area is 137 Å². The smallest absolute Gasteiger partial charge is 0.274 e. The molecule has 0 aromatic carbocycles. The van der Waals surface area contributed by atoms with Crippen LogP contribution in [0.1, 0.15) is 48.6 Å². The van der Waals surface area contributed by atoms with E-state index in [-0.39, 0.29) is 5.91 Å². The van der Waals surface area contributed by atoms with E-state index in [0.29, 0.717) is 17.8 Å². The van der Waals surface area contributed by atoms with E-state index >= 15 is 0 Å². The Morgan fingerprint density at radius 2 is 1.87 bits per heavy atom. The Morgan fingerprint density at radius 1 is 1.09 bits per heavy atom. The minimum absolute atomic E-state index is 0.111. The van der Waals surface area contributed by atoms with E-state index in [4.69, 9.17) is 0 Å². The van der Waals surface area contributed by atoms with Gasteiger partial charge in [-0.3, -0.25) is 14.4 Å². The summed E-state index contributed by atoms with van der Waals surface area (Å²) in [6.07, 6.45) is 8.05. The zero-order chi connectivity index (χ0) is 15.6. The normalized spacial score (nSPS) is 27.0. The lowest BCUT2D eigenvalue weighted by Gasteiger charge is -2.32. The van der Waals surface area contributed by atoms with Crippen molar-refractivity contribution < 1.29 is 4.79 Å². The van der Waals surface area contributed by atoms with Crippen molar-refractivity contribution in [1.82, 2.24) is 24.9 Å². The number of carbonyl (C=O) groups excluding carboxylic acids is 1. The van der Waals surface area contributed by atoms with Crippen LogP contribution in [0.15, 0.2) is 12.3 Å². The van der Waals surface area contributed by atoms with Crippen molar-refractivity contribution in [2.45, 2.75) is 44.2 Å². The van der Waals surface area contributed by atoms with Gasteiger partial charge in [-0.15, -0.1) is 0 Å². The summed E-state index contributed by atoms with van der Waals surface area (Å²) in [5.74, 6) is 0.111. The van der Waals surface area contributed by atoms with Crippen LogP contribution >= 0.6 is 0 Å². The van der Waals surface area contributed by atoms with E-state index in [1.165, 1.54) is 25.7 Å². The topological polar surface area (TPSA) is 53.4 Å². The van der Waals surface area contributed by atoms with Gasteiger partial charge in [0.15, 0.2) is 0 Å². The maximum absolute atomic E-state index is 12.7. The van der Waals surface area contributed by atoms with Gasteiger partial charge in [-0.25, -0.2) is 0 Å². The van der Waals surface area contributed by atoms with Crippen LogP contribution in [0.3, 0.4) is 0 Å². The summed E-state index contributed by atoms with van der Waals surface area (Å²) in [6.45, 7) is 6.05. The lowest BCUT2D eigenvalue weighted by molar-refractivity contribution is 0.0766. The monoisotopic (exact) mass is 317 g/mol. The maximum Gasteiger partial charge on any atom is 0.274 e. The van der Waals surface area contributed by atoms with E-state index in [9.17, 15) is 4.79 Å². The van der Waals surface area contributed by atoms with Gasteiger partial charge in [0.1, 0.15) is 5.69 Å². The predicted octanol–water partition coefficient (Wildman–Crippen LogP) is 1.12. The molecule has 1 saturated carbocycles. The number of amides is 1. The number of likely N-dealkylation sites (tertiary alicyclic amines) is 1. The van der Waals surface area contributed by atoms with Crippen LogP contribution in [0.4, 0.5) is 0 Å². The molecule has 1 aromatic rings. The van der Waals surface area contributed by atoms with Crippen molar-refractivity contribution in [2.24, 2.45) is 0 Å². The van der Waals surface area contributed by atoms with E-state index in [1.54, 1.807) is 0 Å². The fourth-order valence-electron chi connectivity index (χ4n) is 4.26. The van der Waals surface area contributed by atoms with Gasteiger partial charge >= 0.3 is 0 Å². The van der Waals surface area contributed by atoms with E-state index < -0.39 is 0 Å². The standard InChI is InChI=1S/C17H27N5O/c23-17(16-6-10-22(19-16)14-3-1-2-4-14)21-9-5-15(13-21)20-11-7-18-8-12-20/h6,10,14-15,18H,1-5,7-9,11-13H2. The van der Waals surface area contributed by atoms with Crippen molar-refractivity contribution in [2.75, 3.05) is 39.3 Å². The predicted molar refractivity (Wildman–Crippen MR) is 88.5 cm³/mol. The quantitative estimate of drug-likeness (QED) is 0.908. The Balaban J connectivity index is 1.37. The summed E-state index contributed by atoms with van der Waals surface area (Å²) in [5, 5.41) is 7.97. The molecule has 1 N–H and O–H groups in total. The first kappa shape index (κ1) is 15.1. The number of aromatic nitrogens is 2. The third-order valence-corrected chi connectivity index (χ3v) is 5.64. The molecular weight excluding hydrogens is 290 g/mol. The van der Waals surface area contributed by atoms with Gasteiger partial charge in [0, 0.05) is 51.5 Å². The van der Waals surface area contributed by atoms with Crippen LogP contribution in [0.5, 0.6) is 0 Å². The fourth-order valence-corrected chi connectivity index (χ4v) is 4.26. The van der Waals surface area contributed by atoms with E-state index in [1.807, 2.05) is 21.8 Å². The molecule has 3 fully saturated rings. The second-order valence-electron chi connectivity index (χ2n) is 7.10. The van der Waals surface area contributed by atoms with Crippen molar-refractivity contribution in [3.8, 4) is 0 Å². The van der Waals surface area contributed by atoms with Crippen LogP contribution in [0, 0.1) is 0 Å². The molecule has 0 radical (unpaired) electrons. The van der Waals surface area contributed by atoms with Gasteiger partial charge < -0.3 is 10.2 Å². The third-order valence-electron chi connectivity index (χ3n) is 5.64. The first-order valence-corrected chi connectivity index (χ1v) is 9.10. The van der Waals surface area contributed by atoms with Crippen molar-refractivity contribution in [1.29, 1.82) is 0 Å². The molecule has 2 aliphatic heterocycles. The van der Waals surface area contributed by atoms with Crippen LogP contribution in [-0.2, 0) is 0 Å². The average molecular weight is 317 g/mol. The molecule has 0 spiro atoms. The molecule has 1 amide bonds. The molecule has 3 aliphatic rings. The number of carbonyl (C=O) groups is 1. The zero-order valence-corrected chi connectivity index (χ0v) is 13.8. The van der Waals surface area contributed by atoms with E-state index in [0.717, 1.165) is 45.7 Å². The van der Waals surface area contributed by atoms with Crippen molar-refractivity contribution in [3.05, 3.63) is 18.0 Å². The molecule has 0 bridgehead atoms. The summed E-state index contributed by atoms with van der Waals surface area (Å²) in [7, 11) is 0. The largest absolute Gasteiger partial charge is 0.336 e. The lowest BCUT2D eigenvalue weighted by Crippen LogP contribution is -2.49. The number of nitrogens with one attached hydrogen (secondary N) is 1. The summed E-state index contributed by atoms with van der Waals surface area (Å²) in [6, 6.07) is 2.93. The molecule has 1 atom stereocenters. The molecule has 6 heteroatoms. The maximum atomic E-state index is 12.7. The SMILES string of the molecule is O=C(c1ccn(C2CCCC2)n1)N1CCC(N2CCNCC2)C1. The number of hydrogen-bond donors (Lipinski definition) is 1. The summed E-state index contributed by atoms with van der Waals surface area (Å²) < 4.78 is 2.02. The van der Waals surface area contributed by atoms with Crippen molar-refractivity contribution >= 4 is 5.91 Å². The number of piperazine rings is 1. The summed E-state index contributed by atoms with van der Waals surface area (Å²) in [5.41, 5.74) is 0.623. The molecule has 23 heavy (non-hydrogen) atoms. The van der Waals surface area contributed by atoms with Crippen LogP contribution < -0.4 is 5.32 Å². The van der Waals surface area contributed by atoms with Crippen LogP contribution in [-0.4, -0.2) is 70.8 Å². The number of rotatable bonds is 3. The molecule has 6 nitrogen and oxygen atoms in total. The lowest BCUT2D eigenvalue weighted by atomic mass is 10.2. The van der Waals surface area contributed by atoms with Gasteiger partial charge in [0.2, 0.25) is 0 Å². The first-order valence-electron chi connectivity index (χ1n) is 9.10. The number of nitrogens with zero attached hydrogens (tertiary/aromatic N) is 4. The van der Waals surface area contributed by atoms with Crippen LogP contribution in [0.25, 0.3) is 0 Å². The Kier molecular flexibility index (Phi) is 4.35. The molecule has 2 saturated heterocycles. The Hall–Kier alpha value is -1.40. The van der Waals surface area contributed by atoms with E-state index in [2.05, 4.69) is 15.3 Å². The van der Waals surface area contributed by atoms with Gasteiger partial charge in [0.25, 0.3) is 5.91 Å². The van der Waals surface area contributed by atoms with Gasteiger partial charge in [-0.1, -0.05) is 12.8 Å². The minimum atomic E-state index is 0.111. The molecule has 1 aromatic heterocycles. The minimum Gasteiger partial charge on any atom is -0.336 e. The molecular formula is C17H27N5O. The zero-order valence-electron chi connectivity index (χ0n) is 13.8. The highest BCUT2D eigenvalue weighted by molar-refractivity contribution is 5.92. The van der Waals surface area contributed by atoms with Gasteiger partial charge in [-0.05, 0) is 25.3 Å². The highest BCUT2D eigenvalue weighted by Crippen LogP contribution is 2.29. The Bertz CT molecular complexity index is 545. The molecule has 126 valence electrons. The summed E-state index contributed by atoms with van der Waals surface area (Å²) in [4.78, 5) is 17.2. The highest BCUT2D eigenvalue weighted by atomic mass is 16.2. The van der Waals surface area contributed by atoms with Gasteiger partial charge in [-0.2, -0.15) is 5.10 Å².